The van der Waals surface area contributed by atoms with Crippen LogP contribution >= 0.6 is 0 Å². The molecule has 1 rings (SSSR count). The van der Waals surface area contributed by atoms with Gasteiger partial charge in [0.15, 0.2) is 5.82 Å². The maximum Gasteiger partial charge on any atom is 0.222 e. The van der Waals surface area contributed by atoms with E-state index in [4.69, 9.17) is 0 Å². The van der Waals surface area contributed by atoms with Gasteiger partial charge in [0.25, 0.3) is 0 Å². The van der Waals surface area contributed by atoms with Crippen molar-refractivity contribution in [2.45, 2.75) is 0 Å². The lowest BCUT2D eigenvalue weighted by Gasteiger charge is -2.01. The molecule has 1 unspecified atom stereocenters. The zero-order chi connectivity index (χ0) is 9.68. The fraction of sp³-hybridized carbons (Fsp3) is 0.429. The van der Waals surface area contributed by atoms with Crippen molar-refractivity contribution in [3.8, 4) is 0 Å². The van der Waals surface area contributed by atoms with Crippen LogP contribution in [0.15, 0.2) is 12.4 Å². The topological polar surface area (TPSA) is 54.9 Å². The molecule has 0 spiro atoms. The third-order valence-corrected chi connectivity index (χ3v) is 2.07. The molecule has 0 fully saturated rings. The molecule has 0 bridgehead atoms. The summed E-state index contributed by atoms with van der Waals surface area (Å²) in [5.41, 5.74) is 0. The Morgan fingerprint density at radius 2 is 2.15 bits per heavy atom. The zero-order valence-corrected chi connectivity index (χ0v) is 7.97. The molecule has 6 heteroatoms. The highest BCUT2D eigenvalue weighted by atomic mass is 32.2. The van der Waals surface area contributed by atoms with Crippen molar-refractivity contribution in [2.75, 3.05) is 23.9 Å². The second-order valence-electron chi connectivity index (χ2n) is 2.43. The van der Waals surface area contributed by atoms with Gasteiger partial charge in [-0.1, -0.05) is 0 Å². The molecule has 13 heavy (non-hydrogen) atoms. The molecular formula is C7H10FN3OS. The van der Waals surface area contributed by atoms with Gasteiger partial charge < -0.3 is 5.32 Å². The number of anilines is 1. The Labute approximate surface area is 78.1 Å². The van der Waals surface area contributed by atoms with Gasteiger partial charge in [-0.2, -0.15) is 0 Å². The molecule has 4 nitrogen and oxygen atoms in total. The summed E-state index contributed by atoms with van der Waals surface area (Å²) in [5.74, 6) is 0.414. The van der Waals surface area contributed by atoms with Gasteiger partial charge in [-0.05, 0) is 0 Å². The molecule has 0 saturated heterocycles. The van der Waals surface area contributed by atoms with Crippen molar-refractivity contribution < 1.29 is 8.60 Å². The fourth-order valence-corrected chi connectivity index (χ4v) is 1.10. The first-order valence-corrected chi connectivity index (χ1v) is 5.42. The van der Waals surface area contributed by atoms with E-state index in [2.05, 4.69) is 15.3 Å². The maximum absolute atomic E-state index is 12.3. The van der Waals surface area contributed by atoms with E-state index in [0.29, 0.717) is 18.2 Å². The standard InChI is InChI=1S/C7H10FN3OS/c1-13(12)3-2-9-7-10-4-6(8)5-11-7/h4-5H,2-3H2,1H3,(H,9,10,11). The van der Waals surface area contributed by atoms with Crippen molar-refractivity contribution in [3.05, 3.63) is 18.2 Å². The lowest BCUT2D eigenvalue weighted by Crippen LogP contribution is -2.11. The van der Waals surface area contributed by atoms with Crippen molar-refractivity contribution in [3.63, 3.8) is 0 Å². The third-order valence-electron chi connectivity index (χ3n) is 1.29. The number of hydrogen-bond acceptors (Lipinski definition) is 4. The molecule has 1 atom stereocenters. The molecule has 0 aliphatic carbocycles. The van der Waals surface area contributed by atoms with Gasteiger partial charge in [-0.3, -0.25) is 4.21 Å². The second kappa shape index (κ2) is 4.86. The molecule has 1 aromatic heterocycles. The molecule has 1 aromatic rings. The van der Waals surface area contributed by atoms with Crippen LogP contribution < -0.4 is 5.32 Å². The van der Waals surface area contributed by atoms with E-state index >= 15 is 0 Å². The predicted molar refractivity (Wildman–Crippen MR) is 49.4 cm³/mol. The van der Waals surface area contributed by atoms with Crippen LogP contribution in [-0.2, 0) is 10.8 Å². The average molecular weight is 203 g/mol. The molecule has 0 saturated carbocycles. The second-order valence-corrected chi connectivity index (χ2v) is 3.98. The van der Waals surface area contributed by atoms with Crippen LogP contribution in [0, 0.1) is 5.82 Å². The van der Waals surface area contributed by atoms with Crippen LogP contribution in [0.3, 0.4) is 0 Å². The molecule has 1 heterocycles. The van der Waals surface area contributed by atoms with Crippen LogP contribution in [0.4, 0.5) is 10.3 Å². The molecule has 0 radical (unpaired) electrons. The molecule has 0 aromatic carbocycles. The van der Waals surface area contributed by atoms with E-state index in [-0.39, 0.29) is 0 Å². The Hall–Kier alpha value is -1.04. The van der Waals surface area contributed by atoms with Gasteiger partial charge in [-0.15, -0.1) is 0 Å². The van der Waals surface area contributed by atoms with Crippen molar-refractivity contribution >= 4 is 16.7 Å². The maximum atomic E-state index is 12.3. The highest BCUT2D eigenvalue weighted by Gasteiger charge is 1.96. The van der Waals surface area contributed by atoms with Crippen LogP contribution in [0.2, 0.25) is 0 Å². The van der Waals surface area contributed by atoms with E-state index in [9.17, 15) is 8.60 Å². The lowest BCUT2D eigenvalue weighted by molar-refractivity contribution is 0.614. The first-order chi connectivity index (χ1) is 6.18. The molecule has 1 N–H and O–H groups in total. The lowest BCUT2D eigenvalue weighted by atomic mass is 10.6. The number of halogens is 1. The number of aromatic nitrogens is 2. The molecule has 72 valence electrons. The monoisotopic (exact) mass is 203 g/mol. The van der Waals surface area contributed by atoms with Crippen LogP contribution in [-0.4, -0.2) is 32.7 Å². The average Bonchev–Trinajstić information content (AvgIpc) is 2.08. The highest BCUT2D eigenvalue weighted by Crippen LogP contribution is 1.96. The van der Waals surface area contributed by atoms with E-state index in [0.717, 1.165) is 12.4 Å². The Bertz CT molecular complexity index is 290. The summed E-state index contributed by atoms with van der Waals surface area (Å²) >= 11 is 0. The van der Waals surface area contributed by atoms with E-state index in [1.165, 1.54) is 0 Å². The smallest absolute Gasteiger partial charge is 0.222 e. The quantitative estimate of drug-likeness (QED) is 0.770. The molecule has 0 amide bonds. The highest BCUT2D eigenvalue weighted by molar-refractivity contribution is 7.84. The van der Waals surface area contributed by atoms with E-state index < -0.39 is 16.6 Å². The summed E-state index contributed by atoms with van der Waals surface area (Å²) < 4.78 is 23.0. The predicted octanol–water partition coefficient (Wildman–Crippen LogP) is 0.406. The summed E-state index contributed by atoms with van der Waals surface area (Å²) in [6.07, 6.45) is 3.78. The SMILES string of the molecule is CS(=O)CCNc1ncc(F)cn1. The first-order valence-electron chi connectivity index (χ1n) is 3.70. The minimum absolute atomic E-state index is 0.354. The van der Waals surface area contributed by atoms with Gasteiger partial charge in [0.1, 0.15) is 0 Å². The summed E-state index contributed by atoms with van der Waals surface area (Å²) in [6, 6.07) is 0. The number of hydrogen-bond donors (Lipinski definition) is 1. The Morgan fingerprint density at radius 3 is 2.69 bits per heavy atom. The largest absolute Gasteiger partial charge is 0.353 e. The minimum atomic E-state index is -0.836. The van der Waals surface area contributed by atoms with Gasteiger partial charge in [0.05, 0.1) is 12.4 Å². The van der Waals surface area contributed by atoms with E-state index in [1.807, 2.05) is 0 Å². The minimum Gasteiger partial charge on any atom is -0.353 e. The third kappa shape index (κ3) is 3.93. The number of rotatable bonds is 4. The van der Waals surface area contributed by atoms with Crippen LogP contribution in [0.1, 0.15) is 0 Å². The Kier molecular flexibility index (Phi) is 3.75. The summed E-state index contributed by atoms with van der Waals surface area (Å²) in [7, 11) is -0.836. The zero-order valence-electron chi connectivity index (χ0n) is 7.16. The van der Waals surface area contributed by atoms with Crippen molar-refractivity contribution in [1.82, 2.24) is 9.97 Å². The fourth-order valence-electron chi connectivity index (χ4n) is 0.710. The first kappa shape index (κ1) is 10.0. The number of nitrogens with one attached hydrogen (secondary N) is 1. The van der Waals surface area contributed by atoms with Crippen molar-refractivity contribution in [2.24, 2.45) is 0 Å². The Balaban J connectivity index is 2.37. The van der Waals surface area contributed by atoms with Gasteiger partial charge in [0.2, 0.25) is 5.95 Å². The summed E-state index contributed by atoms with van der Waals surface area (Å²) in [6.45, 7) is 0.523. The van der Waals surface area contributed by atoms with Crippen molar-refractivity contribution in [1.29, 1.82) is 0 Å². The van der Waals surface area contributed by atoms with Gasteiger partial charge in [-0.25, -0.2) is 14.4 Å². The summed E-state index contributed by atoms with van der Waals surface area (Å²) in [4.78, 5) is 7.36. The molecular weight excluding hydrogens is 193 g/mol. The number of nitrogens with zero attached hydrogens (tertiary/aromatic N) is 2. The summed E-state index contributed by atoms with van der Waals surface area (Å²) in [5, 5.41) is 2.82. The van der Waals surface area contributed by atoms with Crippen LogP contribution in [0.25, 0.3) is 0 Å². The van der Waals surface area contributed by atoms with Crippen LogP contribution in [0.5, 0.6) is 0 Å². The van der Waals surface area contributed by atoms with E-state index in [1.54, 1.807) is 6.26 Å². The molecule has 0 aliphatic heterocycles. The normalized spacial score (nSPS) is 12.5. The van der Waals surface area contributed by atoms with Gasteiger partial charge >= 0.3 is 0 Å². The van der Waals surface area contributed by atoms with Gasteiger partial charge in [0, 0.05) is 29.4 Å². The Morgan fingerprint density at radius 1 is 1.54 bits per heavy atom. The molecule has 0 aliphatic rings.